The molecule has 1 fully saturated rings. The highest BCUT2D eigenvalue weighted by Gasteiger charge is 2.17. The molecule has 84 valence electrons. The minimum Gasteiger partial charge on any atom is -0.443 e. The summed E-state index contributed by atoms with van der Waals surface area (Å²) in [6.07, 6.45) is 1.78. The third kappa shape index (κ3) is 1.65. The first-order valence-corrected chi connectivity index (χ1v) is 5.53. The number of hydrogen-bond donors (Lipinski definition) is 0. The minimum absolute atomic E-state index is 0.293. The van der Waals surface area contributed by atoms with Crippen molar-refractivity contribution in [3.8, 4) is 0 Å². The van der Waals surface area contributed by atoms with Gasteiger partial charge in [0.25, 0.3) is 0 Å². The van der Waals surface area contributed by atoms with Crippen LogP contribution in [0.15, 0.2) is 29.0 Å². The SMILES string of the molecule is C[C@@H]1CN(c2ccc3ocnc3c2)CCO1. The number of ether oxygens (including phenoxy) is 1. The second-order valence-corrected chi connectivity index (χ2v) is 4.13. The molecule has 4 heteroatoms. The maximum Gasteiger partial charge on any atom is 0.181 e. The summed E-state index contributed by atoms with van der Waals surface area (Å²) in [5.74, 6) is 0. The van der Waals surface area contributed by atoms with Crippen LogP contribution in [0.25, 0.3) is 11.1 Å². The van der Waals surface area contributed by atoms with E-state index in [4.69, 9.17) is 9.15 Å². The maximum absolute atomic E-state index is 5.53. The van der Waals surface area contributed by atoms with Gasteiger partial charge in [-0.25, -0.2) is 4.98 Å². The van der Waals surface area contributed by atoms with Gasteiger partial charge in [-0.15, -0.1) is 0 Å². The Labute approximate surface area is 93.8 Å². The highest BCUT2D eigenvalue weighted by molar-refractivity contribution is 5.77. The van der Waals surface area contributed by atoms with Crippen molar-refractivity contribution in [2.45, 2.75) is 13.0 Å². The molecule has 16 heavy (non-hydrogen) atoms. The Bertz CT molecular complexity index is 494. The van der Waals surface area contributed by atoms with Crippen molar-refractivity contribution < 1.29 is 9.15 Å². The average molecular weight is 218 g/mol. The van der Waals surface area contributed by atoms with Crippen molar-refractivity contribution in [2.75, 3.05) is 24.6 Å². The molecule has 0 radical (unpaired) electrons. The van der Waals surface area contributed by atoms with Crippen LogP contribution in [-0.4, -0.2) is 30.8 Å². The van der Waals surface area contributed by atoms with Gasteiger partial charge in [-0.05, 0) is 25.1 Å². The van der Waals surface area contributed by atoms with E-state index in [9.17, 15) is 0 Å². The van der Waals surface area contributed by atoms with E-state index in [1.807, 2.05) is 6.07 Å². The lowest BCUT2D eigenvalue weighted by Crippen LogP contribution is -2.41. The fourth-order valence-electron chi connectivity index (χ4n) is 2.10. The van der Waals surface area contributed by atoms with Crippen molar-refractivity contribution in [1.82, 2.24) is 4.98 Å². The van der Waals surface area contributed by atoms with Gasteiger partial charge in [-0.1, -0.05) is 0 Å². The third-order valence-corrected chi connectivity index (χ3v) is 2.92. The van der Waals surface area contributed by atoms with Gasteiger partial charge in [0.1, 0.15) is 5.52 Å². The Morgan fingerprint density at radius 3 is 3.25 bits per heavy atom. The summed E-state index contributed by atoms with van der Waals surface area (Å²) in [5.41, 5.74) is 2.94. The maximum atomic E-state index is 5.53. The van der Waals surface area contributed by atoms with Crippen LogP contribution < -0.4 is 4.90 Å². The molecule has 2 heterocycles. The molecule has 1 aliphatic rings. The number of anilines is 1. The van der Waals surface area contributed by atoms with Crippen LogP contribution >= 0.6 is 0 Å². The van der Waals surface area contributed by atoms with E-state index < -0.39 is 0 Å². The summed E-state index contributed by atoms with van der Waals surface area (Å²) in [6, 6.07) is 6.11. The van der Waals surface area contributed by atoms with Gasteiger partial charge in [-0.2, -0.15) is 0 Å². The molecule has 0 unspecified atom stereocenters. The lowest BCUT2D eigenvalue weighted by atomic mass is 10.2. The van der Waals surface area contributed by atoms with Crippen LogP contribution in [0.1, 0.15) is 6.92 Å². The van der Waals surface area contributed by atoms with Gasteiger partial charge in [0.2, 0.25) is 0 Å². The summed E-state index contributed by atoms with van der Waals surface area (Å²) in [5, 5.41) is 0. The van der Waals surface area contributed by atoms with Crippen LogP contribution in [-0.2, 0) is 4.74 Å². The van der Waals surface area contributed by atoms with Gasteiger partial charge in [-0.3, -0.25) is 0 Å². The van der Waals surface area contributed by atoms with Gasteiger partial charge in [0.05, 0.1) is 12.7 Å². The van der Waals surface area contributed by atoms with Gasteiger partial charge >= 0.3 is 0 Å². The largest absolute Gasteiger partial charge is 0.443 e. The van der Waals surface area contributed by atoms with E-state index >= 15 is 0 Å². The zero-order chi connectivity index (χ0) is 11.0. The van der Waals surface area contributed by atoms with Gasteiger partial charge in [0, 0.05) is 18.8 Å². The van der Waals surface area contributed by atoms with Gasteiger partial charge < -0.3 is 14.1 Å². The van der Waals surface area contributed by atoms with Crippen molar-refractivity contribution in [1.29, 1.82) is 0 Å². The van der Waals surface area contributed by atoms with E-state index in [-0.39, 0.29) is 0 Å². The monoisotopic (exact) mass is 218 g/mol. The van der Waals surface area contributed by atoms with Crippen LogP contribution in [0.3, 0.4) is 0 Å². The first-order valence-electron chi connectivity index (χ1n) is 5.53. The van der Waals surface area contributed by atoms with E-state index in [2.05, 4.69) is 28.9 Å². The van der Waals surface area contributed by atoms with Crippen LogP contribution in [0, 0.1) is 0 Å². The summed E-state index contributed by atoms with van der Waals surface area (Å²) < 4.78 is 10.8. The molecule has 1 aromatic carbocycles. The molecule has 1 atom stereocenters. The van der Waals surface area contributed by atoms with Gasteiger partial charge in [0.15, 0.2) is 12.0 Å². The number of oxazole rings is 1. The third-order valence-electron chi connectivity index (χ3n) is 2.92. The smallest absolute Gasteiger partial charge is 0.181 e. The Balaban J connectivity index is 1.92. The van der Waals surface area contributed by atoms with E-state index in [1.165, 1.54) is 12.1 Å². The molecule has 1 aromatic heterocycles. The lowest BCUT2D eigenvalue weighted by Gasteiger charge is -2.32. The molecule has 0 amide bonds. The van der Waals surface area contributed by atoms with Crippen molar-refractivity contribution >= 4 is 16.8 Å². The summed E-state index contributed by atoms with van der Waals surface area (Å²) in [7, 11) is 0. The Morgan fingerprint density at radius 1 is 1.44 bits per heavy atom. The molecule has 0 spiro atoms. The predicted molar refractivity (Wildman–Crippen MR) is 61.6 cm³/mol. The standard InChI is InChI=1S/C12H14N2O2/c1-9-7-14(4-5-15-9)10-2-3-12-11(6-10)13-8-16-12/h2-3,6,8-9H,4-5,7H2,1H3/t9-/m1/s1. The molecule has 0 aliphatic carbocycles. The molecular formula is C12H14N2O2. The lowest BCUT2D eigenvalue weighted by molar-refractivity contribution is 0.0532. The molecule has 0 N–H and O–H groups in total. The first kappa shape index (κ1) is 9.66. The number of morpholine rings is 1. The normalized spacial score (nSPS) is 21.6. The van der Waals surface area contributed by atoms with Crippen LogP contribution in [0.4, 0.5) is 5.69 Å². The number of rotatable bonds is 1. The molecule has 1 aliphatic heterocycles. The zero-order valence-electron chi connectivity index (χ0n) is 9.22. The predicted octanol–water partition coefficient (Wildman–Crippen LogP) is 2.05. The Kier molecular flexibility index (Phi) is 2.29. The average Bonchev–Trinajstić information content (AvgIpc) is 2.75. The summed E-state index contributed by atoms with van der Waals surface area (Å²) in [4.78, 5) is 6.49. The molecule has 3 rings (SSSR count). The first-order chi connectivity index (χ1) is 7.83. The number of fused-ring (bicyclic) bond motifs is 1. The highest BCUT2D eigenvalue weighted by atomic mass is 16.5. The van der Waals surface area contributed by atoms with E-state index in [1.54, 1.807) is 0 Å². The fraction of sp³-hybridized carbons (Fsp3) is 0.417. The summed E-state index contributed by atoms with van der Waals surface area (Å²) >= 11 is 0. The Morgan fingerprint density at radius 2 is 2.38 bits per heavy atom. The number of aromatic nitrogens is 1. The van der Waals surface area contributed by atoms with Crippen molar-refractivity contribution in [2.24, 2.45) is 0 Å². The van der Waals surface area contributed by atoms with Crippen molar-refractivity contribution in [3.63, 3.8) is 0 Å². The molecule has 0 bridgehead atoms. The number of nitrogens with zero attached hydrogens (tertiary/aromatic N) is 2. The molecule has 1 saturated heterocycles. The van der Waals surface area contributed by atoms with Crippen LogP contribution in [0.5, 0.6) is 0 Å². The molecular weight excluding hydrogens is 204 g/mol. The van der Waals surface area contributed by atoms with Crippen LogP contribution in [0.2, 0.25) is 0 Å². The topological polar surface area (TPSA) is 38.5 Å². The Hall–Kier alpha value is -1.55. The second kappa shape index (κ2) is 3.79. The second-order valence-electron chi connectivity index (χ2n) is 4.13. The van der Waals surface area contributed by atoms with E-state index in [0.717, 1.165) is 30.8 Å². The highest BCUT2D eigenvalue weighted by Crippen LogP contribution is 2.22. The van der Waals surface area contributed by atoms with E-state index in [0.29, 0.717) is 6.10 Å². The number of hydrogen-bond acceptors (Lipinski definition) is 4. The fourth-order valence-corrected chi connectivity index (χ4v) is 2.10. The molecule has 4 nitrogen and oxygen atoms in total. The minimum atomic E-state index is 0.293. The molecule has 0 saturated carbocycles. The van der Waals surface area contributed by atoms with Crippen molar-refractivity contribution in [3.05, 3.63) is 24.6 Å². The zero-order valence-corrected chi connectivity index (χ0v) is 9.22. The summed E-state index contributed by atoms with van der Waals surface area (Å²) in [6.45, 7) is 4.76. The quantitative estimate of drug-likeness (QED) is 0.734. The number of benzene rings is 1. The molecule has 2 aromatic rings.